The van der Waals surface area contributed by atoms with E-state index in [9.17, 15) is 13.6 Å². The number of hydrogen-bond acceptors (Lipinski definition) is 2. The van der Waals surface area contributed by atoms with Gasteiger partial charge in [-0.3, -0.25) is 4.79 Å². The molecule has 0 saturated heterocycles. The molecule has 3 rings (SSSR count). The number of rotatable bonds is 1. The molecule has 0 aliphatic rings. The summed E-state index contributed by atoms with van der Waals surface area (Å²) in [6.45, 7) is 0. The van der Waals surface area contributed by atoms with Gasteiger partial charge in [0, 0.05) is 17.5 Å². The number of aromatic nitrogens is 3. The van der Waals surface area contributed by atoms with Gasteiger partial charge in [-0.1, -0.05) is 0 Å². The molecule has 18 heavy (non-hydrogen) atoms. The molecule has 1 aromatic carbocycles. The number of aromatic amines is 1. The van der Waals surface area contributed by atoms with E-state index in [1.54, 1.807) is 6.07 Å². The Hall–Kier alpha value is -2.50. The van der Waals surface area contributed by atoms with E-state index in [4.69, 9.17) is 0 Å². The van der Waals surface area contributed by atoms with Crippen LogP contribution in [0.25, 0.3) is 16.7 Å². The molecule has 0 aliphatic carbocycles. The highest BCUT2D eigenvalue weighted by Crippen LogP contribution is 2.18. The molecule has 2 heterocycles. The van der Waals surface area contributed by atoms with Crippen LogP contribution in [0.2, 0.25) is 0 Å². The Balaban J connectivity index is 2.31. The van der Waals surface area contributed by atoms with Crippen molar-refractivity contribution in [3.05, 3.63) is 58.5 Å². The van der Waals surface area contributed by atoms with E-state index in [1.807, 2.05) is 0 Å². The molecule has 90 valence electrons. The molecule has 0 aliphatic heterocycles. The summed E-state index contributed by atoms with van der Waals surface area (Å²) >= 11 is 0. The minimum absolute atomic E-state index is 0.0771. The zero-order valence-corrected chi connectivity index (χ0v) is 9.02. The Morgan fingerprint density at radius 1 is 1.17 bits per heavy atom. The first-order valence-electron chi connectivity index (χ1n) is 5.17. The zero-order valence-electron chi connectivity index (χ0n) is 9.02. The second-order valence-corrected chi connectivity index (χ2v) is 3.78. The number of nitrogens with one attached hydrogen (secondary N) is 1. The summed E-state index contributed by atoms with van der Waals surface area (Å²) in [7, 11) is 0. The van der Waals surface area contributed by atoms with Gasteiger partial charge in [-0.05, 0) is 18.2 Å². The van der Waals surface area contributed by atoms with Crippen molar-refractivity contribution in [3.8, 4) is 5.69 Å². The van der Waals surface area contributed by atoms with Crippen LogP contribution in [0.15, 0.2) is 41.3 Å². The molecule has 0 spiro atoms. The van der Waals surface area contributed by atoms with Crippen LogP contribution < -0.4 is 5.56 Å². The summed E-state index contributed by atoms with van der Waals surface area (Å²) in [6, 6.07) is 6.10. The van der Waals surface area contributed by atoms with Crippen LogP contribution in [-0.4, -0.2) is 14.8 Å². The van der Waals surface area contributed by atoms with Gasteiger partial charge in [0.25, 0.3) is 0 Å². The van der Waals surface area contributed by atoms with Gasteiger partial charge in [0.15, 0.2) is 5.82 Å². The fourth-order valence-corrected chi connectivity index (χ4v) is 1.77. The molecule has 1 N–H and O–H groups in total. The van der Waals surface area contributed by atoms with Crippen LogP contribution in [0.5, 0.6) is 0 Å². The van der Waals surface area contributed by atoms with Gasteiger partial charge in [-0.25, -0.2) is 13.5 Å². The highest BCUT2D eigenvalue weighted by molar-refractivity contribution is 5.75. The van der Waals surface area contributed by atoms with Crippen molar-refractivity contribution in [2.24, 2.45) is 0 Å². The van der Waals surface area contributed by atoms with Crippen LogP contribution >= 0.6 is 0 Å². The number of fused-ring (bicyclic) bond motifs is 1. The maximum absolute atomic E-state index is 13.6. The Morgan fingerprint density at radius 2 is 2.00 bits per heavy atom. The number of benzene rings is 1. The number of nitrogens with zero attached hydrogens (tertiary/aromatic N) is 2. The molecule has 0 saturated carbocycles. The molecular formula is C12H7F2N3O. The minimum atomic E-state index is -0.746. The van der Waals surface area contributed by atoms with Gasteiger partial charge in [0.1, 0.15) is 17.2 Å². The van der Waals surface area contributed by atoms with Crippen molar-refractivity contribution < 1.29 is 8.78 Å². The molecule has 6 heteroatoms. The van der Waals surface area contributed by atoms with Gasteiger partial charge in [0.05, 0.1) is 6.20 Å². The van der Waals surface area contributed by atoms with Crippen molar-refractivity contribution in [1.29, 1.82) is 0 Å². The van der Waals surface area contributed by atoms with Gasteiger partial charge in [0.2, 0.25) is 5.56 Å². The SMILES string of the molecule is O=c1ccc2cnn(-c3ccc(F)cc3F)c2[nH]1. The van der Waals surface area contributed by atoms with E-state index in [2.05, 4.69) is 10.1 Å². The predicted octanol–water partition coefficient (Wildman–Crippen LogP) is 1.99. The number of H-pyrrole nitrogens is 1. The van der Waals surface area contributed by atoms with Crippen molar-refractivity contribution in [1.82, 2.24) is 14.8 Å². The monoisotopic (exact) mass is 247 g/mol. The average molecular weight is 247 g/mol. The molecule has 0 amide bonds. The summed E-state index contributed by atoms with van der Waals surface area (Å²) in [6.07, 6.45) is 1.49. The molecule has 2 aromatic heterocycles. The summed E-state index contributed by atoms with van der Waals surface area (Å²) < 4.78 is 27.7. The van der Waals surface area contributed by atoms with E-state index in [-0.39, 0.29) is 11.2 Å². The molecule has 0 atom stereocenters. The molecule has 0 radical (unpaired) electrons. The normalized spacial score (nSPS) is 11.0. The smallest absolute Gasteiger partial charge is 0.249 e. The van der Waals surface area contributed by atoms with Gasteiger partial charge in [-0.2, -0.15) is 5.10 Å². The molecule has 0 bridgehead atoms. The number of hydrogen-bond donors (Lipinski definition) is 1. The summed E-state index contributed by atoms with van der Waals surface area (Å²) in [4.78, 5) is 13.8. The maximum Gasteiger partial charge on any atom is 0.249 e. The van der Waals surface area contributed by atoms with E-state index >= 15 is 0 Å². The first kappa shape index (κ1) is 10.6. The van der Waals surface area contributed by atoms with E-state index < -0.39 is 11.6 Å². The summed E-state index contributed by atoms with van der Waals surface area (Å²) in [5, 5.41) is 4.65. The van der Waals surface area contributed by atoms with Crippen LogP contribution in [-0.2, 0) is 0 Å². The summed E-state index contributed by atoms with van der Waals surface area (Å²) in [5.74, 6) is -1.41. The third-order valence-electron chi connectivity index (χ3n) is 2.59. The lowest BCUT2D eigenvalue weighted by atomic mass is 10.3. The highest BCUT2D eigenvalue weighted by Gasteiger charge is 2.10. The summed E-state index contributed by atoms with van der Waals surface area (Å²) in [5.41, 5.74) is 0.132. The van der Waals surface area contributed by atoms with Crippen LogP contribution in [0.1, 0.15) is 0 Å². The Morgan fingerprint density at radius 3 is 2.78 bits per heavy atom. The van der Waals surface area contributed by atoms with Crippen LogP contribution in [0.4, 0.5) is 8.78 Å². The lowest BCUT2D eigenvalue weighted by molar-refractivity contribution is 0.574. The minimum Gasteiger partial charge on any atom is -0.306 e. The average Bonchev–Trinajstić information content (AvgIpc) is 2.72. The van der Waals surface area contributed by atoms with Gasteiger partial charge >= 0.3 is 0 Å². The third kappa shape index (κ3) is 1.58. The van der Waals surface area contributed by atoms with Crippen LogP contribution in [0, 0.1) is 11.6 Å². The fraction of sp³-hybridized carbons (Fsp3) is 0. The standard InChI is InChI=1S/C12H7F2N3O/c13-8-2-3-10(9(14)5-8)17-12-7(6-15-17)1-4-11(18)16-12/h1-6H,(H,16,18). The fourth-order valence-electron chi connectivity index (χ4n) is 1.77. The molecule has 4 nitrogen and oxygen atoms in total. The lowest BCUT2D eigenvalue weighted by Crippen LogP contribution is -2.07. The number of pyridine rings is 1. The molecule has 0 unspecified atom stereocenters. The first-order valence-corrected chi connectivity index (χ1v) is 5.17. The lowest BCUT2D eigenvalue weighted by Gasteiger charge is -2.04. The maximum atomic E-state index is 13.6. The molecule has 3 aromatic rings. The Labute approximate surface area is 99.5 Å². The third-order valence-corrected chi connectivity index (χ3v) is 2.59. The van der Waals surface area contributed by atoms with Crippen molar-refractivity contribution >= 4 is 11.0 Å². The van der Waals surface area contributed by atoms with Crippen molar-refractivity contribution in [2.75, 3.05) is 0 Å². The van der Waals surface area contributed by atoms with Crippen molar-refractivity contribution in [2.45, 2.75) is 0 Å². The first-order chi connectivity index (χ1) is 8.65. The second kappa shape index (κ2) is 3.76. The molecular weight excluding hydrogens is 240 g/mol. The van der Waals surface area contributed by atoms with Crippen molar-refractivity contribution in [3.63, 3.8) is 0 Å². The zero-order chi connectivity index (χ0) is 12.7. The molecule has 0 fully saturated rings. The Kier molecular flexibility index (Phi) is 2.22. The topological polar surface area (TPSA) is 50.7 Å². The van der Waals surface area contributed by atoms with E-state index in [1.165, 1.54) is 23.0 Å². The van der Waals surface area contributed by atoms with E-state index in [0.717, 1.165) is 12.1 Å². The van der Waals surface area contributed by atoms with Gasteiger partial charge in [-0.15, -0.1) is 0 Å². The van der Waals surface area contributed by atoms with E-state index in [0.29, 0.717) is 11.0 Å². The van der Waals surface area contributed by atoms with Gasteiger partial charge < -0.3 is 4.98 Å². The predicted molar refractivity (Wildman–Crippen MR) is 61.6 cm³/mol. The highest BCUT2D eigenvalue weighted by atomic mass is 19.1. The quantitative estimate of drug-likeness (QED) is 0.715. The number of halogens is 2. The van der Waals surface area contributed by atoms with Crippen LogP contribution in [0.3, 0.4) is 0 Å². The Bertz CT molecular complexity index is 791. The largest absolute Gasteiger partial charge is 0.306 e. The second-order valence-electron chi connectivity index (χ2n) is 3.78.